The van der Waals surface area contributed by atoms with Gasteiger partial charge in [0.1, 0.15) is 11.5 Å². The fourth-order valence-corrected chi connectivity index (χ4v) is 0.610. The standard InChI is InChI=1S/C7H8O2.CHF3O3S/c1-9-7-4-2-3-6(8)5-7;2-1(3,4)8(5,6)7/h2-5,8H,1H3;(H,5,6,7). The van der Waals surface area contributed by atoms with Crippen molar-refractivity contribution in [3.63, 3.8) is 0 Å². The molecule has 0 saturated carbocycles. The number of phenols is 1. The predicted molar refractivity (Wildman–Crippen MR) is 52.3 cm³/mol. The molecule has 1 rings (SSSR count). The first-order valence-corrected chi connectivity index (χ1v) is 5.38. The molecule has 9 heteroatoms. The van der Waals surface area contributed by atoms with E-state index in [1.165, 1.54) is 0 Å². The lowest BCUT2D eigenvalue weighted by molar-refractivity contribution is -0.0510. The van der Waals surface area contributed by atoms with Gasteiger partial charge in [0, 0.05) is 6.07 Å². The number of aromatic hydroxyl groups is 1. The van der Waals surface area contributed by atoms with Gasteiger partial charge in [0.2, 0.25) is 0 Å². The number of phenolic OH excluding ortho intramolecular Hbond substituents is 1. The fraction of sp³-hybridized carbons (Fsp3) is 0.250. The predicted octanol–water partition coefficient (Wildman–Crippen LogP) is 1.79. The van der Waals surface area contributed by atoms with Gasteiger partial charge in [0.25, 0.3) is 0 Å². The monoisotopic (exact) mass is 274 g/mol. The Kier molecular flexibility index (Phi) is 5.23. The summed E-state index contributed by atoms with van der Waals surface area (Å²) in [5.74, 6) is 0.907. The molecule has 0 radical (unpaired) electrons. The van der Waals surface area contributed by atoms with Gasteiger partial charge in [0.05, 0.1) is 7.11 Å². The van der Waals surface area contributed by atoms with E-state index < -0.39 is 15.6 Å². The Morgan fingerprint density at radius 2 is 1.76 bits per heavy atom. The Labute approximate surface area is 95.2 Å². The summed E-state index contributed by atoms with van der Waals surface area (Å²) >= 11 is 0. The van der Waals surface area contributed by atoms with E-state index in [1.54, 1.807) is 31.4 Å². The number of rotatable bonds is 1. The Morgan fingerprint density at radius 1 is 1.29 bits per heavy atom. The van der Waals surface area contributed by atoms with Crippen LogP contribution in [0.3, 0.4) is 0 Å². The molecule has 0 aliphatic rings. The molecule has 1 aromatic carbocycles. The van der Waals surface area contributed by atoms with Gasteiger partial charge in [-0.1, -0.05) is 6.07 Å². The van der Waals surface area contributed by atoms with Gasteiger partial charge in [-0.05, 0) is 12.1 Å². The van der Waals surface area contributed by atoms with Crippen LogP contribution in [0.1, 0.15) is 0 Å². The third-order valence-corrected chi connectivity index (χ3v) is 1.93. The Balaban J connectivity index is 0.000000304. The number of ether oxygens (including phenoxy) is 1. The minimum Gasteiger partial charge on any atom is -0.508 e. The molecule has 98 valence electrons. The minimum atomic E-state index is -5.84. The summed E-state index contributed by atoms with van der Waals surface area (Å²) in [6.07, 6.45) is 0. The zero-order valence-corrected chi connectivity index (χ0v) is 9.29. The fourth-order valence-electron chi connectivity index (χ4n) is 0.610. The van der Waals surface area contributed by atoms with E-state index in [1.807, 2.05) is 0 Å². The topological polar surface area (TPSA) is 83.8 Å². The van der Waals surface area contributed by atoms with E-state index in [-0.39, 0.29) is 5.75 Å². The van der Waals surface area contributed by atoms with Crippen LogP contribution in [0.5, 0.6) is 11.5 Å². The zero-order valence-electron chi connectivity index (χ0n) is 8.47. The summed E-state index contributed by atoms with van der Waals surface area (Å²) in [5, 5.41) is 8.86. The smallest absolute Gasteiger partial charge is 0.508 e. The molecule has 0 bridgehead atoms. The van der Waals surface area contributed by atoms with E-state index in [2.05, 4.69) is 0 Å². The van der Waals surface area contributed by atoms with Crippen LogP contribution in [0.4, 0.5) is 13.2 Å². The summed E-state index contributed by atoms with van der Waals surface area (Å²) in [7, 11) is -4.28. The van der Waals surface area contributed by atoms with Gasteiger partial charge in [-0.2, -0.15) is 21.6 Å². The van der Waals surface area contributed by atoms with Gasteiger partial charge in [0.15, 0.2) is 0 Å². The maximum atomic E-state index is 10.7. The van der Waals surface area contributed by atoms with Crippen molar-refractivity contribution < 1.29 is 36.0 Å². The van der Waals surface area contributed by atoms with Crippen molar-refractivity contribution >= 4 is 10.1 Å². The van der Waals surface area contributed by atoms with Crippen LogP contribution >= 0.6 is 0 Å². The molecular weight excluding hydrogens is 265 g/mol. The molecule has 0 aliphatic heterocycles. The number of hydrogen-bond donors (Lipinski definition) is 2. The molecule has 1 aromatic rings. The molecule has 5 nitrogen and oxygen atoms in total. The number of hydrogen-bond acceptors (Lipinski definition) is 4. The second kappa shape index (κ2) is 5.73. The minimum absolute atomic E-state index is 0.231. The molecule has 0 saturated heterocycles. The molecule has 0 aliphatic carbocycles. The lowest BCUT2D eigenvalue weighted by Crippen LogP contribution is -2.21. The molecule has 0 fully saturated rings. The molecule has 0 amide bonds. The van der Waals surface area contributed by atoms with Gasteiger partial charge in [-0.3, -0.25) is 4.55 Å². The number of methoxy groups -OCH3 is 1. The van der Waals surface area contributed by atoms with Crippen molar-refractivity contribution in [1.82, 2.24) is 0 Å². The lowest BCUT2D eigenvalue weighted by atomic mass is 10.3. The van der Waals surface area contributed by atoms with Crippen molar-refractivity contribution in [3.05, 3.63) is 24.3 Å². The zero-order chi connectivity index (χ0) is 13.7. The van der Waals surface area contributed by atoms with Crippen LogP contribution < -0.4 is 4.74 Å². The molecule has 0 spiro atoms. The van der Waals surface area contributed by atoms with Gasteiger partial charge >= 0.3 is 15.6 Å². The first-order chi connectivity index (χ1) is 7.58. The Bertz CT molecular complexity index is 454. The van der Waals surface area contributed by atoms with Gasteiger partial charge in [-0.15, -0.1) is 0 Å². The van der Waals surface area contributed by atoms with E-state index >= 15 is 0 Å². The van der Waals surface area contributed by atoms with Crippen LogP contribution in [0.25, 0.3) is 0 Å². The van der Waals surface area contributed by atoms with Crippen LogP contribution in [-0.4, -0.2) is 30.7 Å². The first kappa shape index (κ1) is 15.5. The molecule has 0 aromatic heterocycles. The second-order valence-corrected chi connectivity index (χ2v) is 4.04. The normalized spacial score (nSPS) is 11.4. The van der Waals surface area contributed by atoms with Crippen molar-refractivity contribution in [1.29, 1.82) is 0 Å². The largest absolute Gasteiger partial charge is 0.522 e. The third kappa shape index (κ3) is 5.97. The van der Waals surface area contributed by atoms with Gasteiger partial charge in [-0.25, -0.2) is 0 Å². The first-order valence-electron chi connectivity index (χ1n) is 3.94. The molecular formula is C8H9F3O5S. The maximum absolute atomic E-state index is 10.7. The highest BCUT2D eigenvalue weighted by molar-refractivity contribution is 7.86. The average Bonchev–Trinajstić information content (AvgIpc) is 2.15. The Hall–Kier alpha value is -1.48. The summed E-state index contributed by atoms with van der Waals surface area (Å²) in [5.41, 5.74) is -5.53. The SMILES string of the molecule is COc1cccc(O)c1.O=S(=O)(O)C(F)(F)F. The van der Waals surface area contributed by atoms with E-state index in [9.17, 15) is 13.2 Å². The molecule has 2 N–H and O–H groups in total. The summed E-state index contributed by atoms with van der Waals surface area (Å²) in [6.45, 7) is 0. The summed E-state index contributed by atoms with van der Waals surface area (Å²) in [4.78, 5) is 0. The molecule has 0 heterocycles. The van der Waals surface area contributed by atoms with Crippen LogP contribution in [0.15, 0.2) is 24.3 Å². The maximum Gasteiger partial charge on any atom is 0.522 e. The van der Waals surface area contributed by atoms with Crippen molar-refractivity contribution in [2.45, 2.75) is 5.51 Å². The number of halogens is 3. The van der Waals surface area contributed by atoms with E-state index in [0.717, 1.165) is 0 Å². The van der Waals surface area contributed by atoms with E-state index in [4.69, 9.17) is 22.8 Å². The van der Waals surface area contributed by atoms with Crippen molar-refractivity contribution in [2.75, 3.05) is 7.11 Å². The quantitative estimate of drug-likeness (QED) is 0.602. The third-order valence-electron chi connectivity index (χ3n) is 1.35. The second-order valence-electron chi connectivity index (χ2n) is 2.62. The van der Waals surface area contributed by atoms with Crippen LogP contribution in [0, 0.1) is 0 Å². The van der Waals surface area contributed by atoms with Crippen LogP contribution in [-0.2, 0) is 10.1 Å². The average molecular weight is 274 g/mol. The number of benzene rings is 1. The van der Waals surface area contributed by atoms with E-state index in [0.29, 0.717) is 5.75 Å². The van der Waals surface area contributed by atoms with Crippen LogP contribution in [0.2, 0.25) is 0 Å². The highest BCUT2D eigenvalue weighted by Gasteiger charge is 2.44. The highest BCUT2D eigenvalue weighted by Crippen LogP contribution is 2.20. The summed E-state index contributed by atoms with van der Waals surface area (Å²) in [6, 6.07) is 6.66. The highest BCUT2D eigenvalue weighted by atomic mass is 32.2. The van der Waals surface area contributed by atoms with Gasteiger partial charge < -0.3 is 9.84 Å². The molecule has 0 atom stereocenters. The molecule has 0 unspecified atom stereocenters. The lowest BCUT2D eigenvalue weighted by Gasteiger charge is -1.97. The van der Waals surface area contributed by atoms with Crippen molar-refractivity contribution in [3.8, 4) is 11.5 Å². The Morgan fingerprint density at radius 3 is 2.00 bits per heavy atom. The molecule has 17 heavy (non-hydrogen) atoms. The van der Waals surface area contributed by atoms with Crippen molar-refractivity contribution in [2.24, 2.45) is 0 Å². The summed E-state index contributed by atoms with van der Waals surface area (Å²) < 4.78 is 62.4. The number of alkyl halides is 3.